The van der Waals surface area contributed by atoms with Crippen LogP contribution in [0.3, 0.4) is 0 Å². The van der Waals surface area contributed by atoms with E-state index in [2.05, 4.69) is 19.2 Å². The lowest BCUT2D eigenvalue weighted by atomic mass is 9.99. The van der Waals surface area contributed by atoms with E-state index >= 15 is 0 Å². The van der Waals surface area contributed by atoms with E-state index in [9.17, 15) is 13.2 Å². The van der Waals surface area contributed by atoms with Crippen molar-refractivity contribution in [3.8, 4) is 5.75 Å². The van der Waals surface area contributed by atoms with Crippen molar-refractivity contribution in [1.29, 1.82) is 0 Å². The van der Waals surface area contributed by atoms with Crippen LogP contribution < -0.4 is 14.4 Å². The quantitative estimate of drug-likeness (QED) is 0.422. The van der Waals surface area contributed by atoms with E-state index in [4.69, 9.17) is 4.74 Å². The molecule has 0 saturated carbocycles. The predicted molar refractivity (Wildman–Crippen MR) is 135 cm³/mol. The number of sulfonamides is 1. The fourth-order valence-corrected chi connectivity index (χ4v) is 4.46. The molecule has 182 valence electrons. The standard InChI is InChI=1S/C26H38N2O4S/c1-6-8-9-21(7-2)18-27-26(29)23-12-10-22(11-13-23)19-28(33(5,30)31)24-14-16-25(17-15-24)32-20(3)4/h10-17,20-21H,6-9,18-19H2,1-5H3,(H,27,29)/t21-/m1/s1. The van der Waals surface area contributed by atoms with Crippen LogP contribution in [0.2, 0.25) is 0 Å². The summed E-state index contributed by atoms with van der Waals surface area (Å²) in [5.41, 5.74) is 1.94. The van der Waals surface area contributed by atoms with Gasteiger partial charge in [-0.2, -0.15) is 0 Å². The molecule has 0 aliphatic carbocycles. The highest BCUT2D eigenvalue weighted by Gasteiger charge is 2.18. The van der Waals surface area contributed by atoms with E-state index in [0.717, 1.165) is 24.8 Å². The SMILES string of the molecule is CCCC[C@@H](CC)CNC(=O)c1ccc(CN(c2ccc(OC(C)C)cc2)S(C)(=O)=O)cc1. The summed E-state index contributed by atoms with van der Waals surface area (Å²) in [6.07, 6.45) is 5.74. The number of anilines is 1. The van der Waals surface area contributed by atoms with E-state index in [0.29, 0.717) is 29.5 Å². The van der Waals surface area contributed by atoms with Crippen LogP contribution in [0, 0.1) is 5.92 Å². The van der Waals surface area contributed by atoms with Gasteiger partial charge in [0, 0.05) is 12.1 Å². The summed E-state index contributed by atoms with van der Waals surface area (Å²) in [6, 6.07) is 14.1. The number of unbranched alkanes of at least 4 members (excludes halogenated alkanes) is 1. The molecule has 0 fully saturated rings. The molecule has 2 aromatic rings. The Balaban J connectivity index is 2.06. The second-order valence-electron chi connectivity index (χ2n) is 8.75. The molecule has 7 heteroatoms. The number of amides is 1. The third kappa shape index (κ3) is 8.72. The fraction of sp³-hybridized carbons (Fsp3) is 0.500. The molecule has 0 aromatic heterocycles. The molecule has 6 nitrogen and oxygen atoms in total. The second kappa shape index (κ2) is 12.6. The average molecular weight is 475 g/mol. The molecule has 1 N–H and O–H groups in total. The van der Waals surface area contributed by atoms with Crippen molar-refractivity contribution in [1.82, 2.24) is 5.32 Å². The van der Waals surface area contributed by atoms with E-state index in [1.165, 1.54) is 17.0 Å². The van der Waals surface area contributed by atoms with E-state index in [-0.39, 0.29) is 18.6 Å². The van der Waals surface area contributed by atoms with Crippen LogP contribution in [0.25, 0.3) is 0 Å². The van der Waals surface area contributed by atoms with Crippen LogP contribution in [0.1, 0.15) is 69.3 Å². The monoisotopic (exact) mass is 474 g/mol. The first-order valence-electron chi connectivity index (χ1n) is 11.8. The average Bonchev–Trinajstić information content (AvgIpc) is 2.77. The first kappa shape index (κ1) is 26.7. The predicted octanol–water partition coefficient (Wildman–Crippen LogP) is 5.39. The van der Waals surface area contributed by atoms with Crippen LogP contribution in [0.5, 0.6) is 5.75 Å². The van der Waals surface area contributed by atoms with Crippen molar-refractivity contribution >= 4 is 21.6 Å². The molecule has 0 radical (unpaired) electrons. The van der Waals surface area contributed by atoms with Gasteiger partial charge in [-0.1, -0.05) is 45.2 Å². The number of carbonyl (C=O) groups excluding carboxylic acids is 1. The maximum absolute atomic E-state index is 12.5. The molecule has 1 atom stereocenters. The second-order valence-corrected chi connectivity index (χ2v) is 10.7. The number of ether oxygens (including phenoxy) is 1. The van der Waals surface area contributed by atoms with Gasteiger partial charge in [0.15, 0.2) is 0 Å². The van der Waals surface area contributed by atoms with E-state index in [1.54, 1.807) is 48.5 Å². The minimum Gasteiger partial charge on any atom is -0.491 e. The van der Waals surface area contributed by atoms with Crippen molar-refractivity contribution in [2.24, 2.45) is 5.92 Å². The summed E-state index contributed by atoms with van der Waals surface area (Å²) in [5.74, 6) is 1.09. The minimum absolute atomic E-state index is 0.0433. The summed E-state index contributed by atoms with van der Waals surface area (Å²) in [6.45, 7) is 9.06. The first-order valence-corrected chi connectivity index (χ1v) is 13.6. The molecule has 0 aliphatic rings. The fourth-order valence-electron chi connectivity index (χ4n) is 3.57. The highest BCUT2D eigenvalue weighted by atomic mass is 32.2. The molecule has 1 amide bonds. The van der Waals surface area contributed by atoms with Crippen LogP contribution in [0.15, 0.2) is 48.5 Å². The lowest BCUT2D eigenvalue weighted by molar-refractivity contribution is 0.0945. The van der Waals surface area contributed by atoms with Gasteiger partial charge in [0.25, 0.3) is 5.91 Å². The van der Waals surface area contributed by atoms with E-state index < -0.39 is 10.0 Å². The van der Waals surface area contributed by atoms with E-state index in [1.807, 2.05) is 13.8 Å². The molecule has 2 aromatic carbocycles. The van der Waals surface area contributed by atoms with Crippen LogP contribution in [-0.4, -0.2) is 33.2 Å². The van der Waals surface area contributed by atoms with Crippen LogP contribution in [-0.2, 0) is 16.6 Å². The highest BCUT2D eigenvalue weighted by molar-refractivity contribution is 7.92. The van der Waals surface area contributed by atoms with Crippen molar-refractivity contribution in [2.45, 2.75) is 66.0 Å². The van der Waals surface area contributed by atoms with Crippen LogP contribution >= 0.6 is 0 Å². The summed E-state index contributed by atoms with van der Waals surface area (Å²) in [4.78, 5) is 12.5. The number of benzene rings is 2. The van der Waals surface area contributed by atoms with Gasteiger partial charge >= 0.3 is 0 Å². The zero-order chi connectivity index (χ0) is 24.4. The number of carbonyl (C=O) groups is 1. The zero-order valence-corrected chi connectivity index (χ0v) is 21.3. The van der Waals surface area contributed by atoms with Crippen molar-refractivity contribution in [3.63, 3.8) is 0 Å². The normalized spacial score (nSPS) is 12.4. The maximum atomic E-state index is 12.5. The largest absolute Gasteiger partial charge is 0.491 e. The Morgan fingerprint density at radius 3 is 2.18 bits per heavy atom. The van der Waals surface area contributed by atoms with Gasteiger partial charge in [-0.15, -0.1) is 0 Å². The van der Waals surface area contributed by atoms with Gasteiger partial charge < -0.3 is 10.1 Å². The third-order valence-corrected chi connectivity index (χ3v) is 6.67. The molecule has 33 heavy (non-hydrogen) atoms. The van der Waals surface area contributed by atoms with Gasteiger partial charge in [0.1, 0.15) is 5.75 Å². The van der Waals surface area contributed by atoms with Gasteiger partial charge in [0.05, 0.1) is 24.6 Å². The van der Waals surface area contributed by atoms with Crippen LogP contribution in [0.4, 0.5) is 5.69 Å². The highest BCUT2D eigenvalue weighted by Crippen LogP contribution is 2.24. The summed E-state index contributed by atoms with van der Waals surface area (Å²) in [5, 5.41) is 3.03. The molecule has 0 unspecified atom stereocenters. The van der Waals surface area contributed by atoms with Gasteiger partial charge in [0.2, 0.25) is 10.0 Å². The Hall–Kier alpha value is -2.54. The minimum atomic E-state index is -3.49. The number of nitrogens with zero attached hydrogens (tertiary/aromatic N) is 1. The van der Waals surface area contributed by atoms with Crippen molar-refractivity contribution < 1.29 is 17.9 Å². The first-order chi connectivity index (χ1) is 15.6. The Morgan fingerprint density at radius 1 is 1.03 bits per heavy atom. The summed E-state index contributed by atoms with van der Waals surface area (Å²) < 4.78 is 31.9. The number of hydrogen-bond acceptors (Lipinski definition) is 4. The number of nitrogens with one attached hydrogen (secondary N) is 1. The maximum Gasteiger partial charge on any atom is 0.251 e. The number of hydrogen-bond donors (Lipinski definition) is 1. The molecule has 0 heterocycles. The Kier molecular flexibility index (Phi) is 10.2. The summed E-state index contributed by atoms with van der Waals surface area (Å²) in [7, 11) is -3.49. The Bertz CT molecular complexity index is 970. The third-order valence-electron chi connectivity index (χ3n) is 5.53. The van der Waals surface area contributed by atoms with Crippen molar-refractivity contribution in [2.75, 3.05) is 17.1 Å². The molecule has 2 rings (SSSR count). The molecule has 0 spiro atoms. The molecular formula is C26H38N2O4S. The van der Waals surface area contributed by atoms with Gasteiger partial charge in [-0.05, 0) is 68.1 Å². The lowest BCUT2D eigenvalue weighted by Gasteiger charge is -2.23. The van der Waals surface area contributed by atoms with Gasteiger partial charge in [-0.25, -0.2) is 8.42 Å². The smallest absolute Gasteiger partial charge is 0.251 e. The molecular weight excluding hydrogens is 436 g/mol. The molecule has 0 saturated heterocycles. The number of rotatable bonds is 13. The summed E-state index contributed by atoms with van der Waals surface area (Å²) >= 11 is 0. The topological polar surface area (TPSA) is 75.7 Å². The Morgan fingerprint density at radius 2 is 1.67 bits per heavy atom. The lowest BCUT2D eigenvalue weighted by Crippen LogP contribution is -2.30. The Labute approximate surface area is 199 Å². The zero-order valence-electron chi connectivity index (χ0n) is 20.5. The van der Waals surface area contributed by atoms with Gasteiger partial charge in [-0.3, -0.25) is 9.10 Å². The molecule has 0 aliphatic heterocycles. The van der Waals surface area contributed by atoms with Crippen molar-refractivity contribution in [3.05, 3.63) is 59.7 Å². The molecule has 0 bridgehead atoms.